The lowest BCUT2D eigenvalue weighted by Crippen LogP contribution is -2.52. The molecule has 0 bridgehead atoms. The van der Waals surface area contributed by atoms with Crippen LogP contribution in [-0.2, 0) is 5.67 Å². The van der Waals surface area contributed by atoms with Crippen molar-refractivity contribution in [1.29, 1.82) is 0 Å². The van der Waals surface area contributed by atoms with Gasteiger partial charge in [0.2, 0.25) is 5.67 Å². The maximum Gasteiger partial charge on any atom is 0.428 e. The second-order valence-corrected chi connectivity index (χ2v) is 5.34. The highest BCUT2D eigenvalue weighted by Gasteiger charge is 2.60. The van der Waals surface area contributed by atoms with Crippen molar-refractivity contribution in [3.63, 3.8) is 0 Å². The van der Waals surface area contributed by atoms with E-state index in [4.69, 9.17) is 0 Å². The molecule has 104 valence electrons. The van der Waals surface area contributed by atoms with Crippen LogP contribution in [0.25, 0.3) is 10.1 Å². The highest BCUT2D eigenvalue weighted by Crippen LogP contribution is 2.45. The fourth-order valence-corrected chi connectivity index (χ4v) is 2.82. The zero-order valence-corrected chi connectivity index (χ0v) is 11.2. The fraction of sp³-hybridized carbons (Fsp3) is 0.385. The smallest absolute Gasteiger partial charge is 0.314 e. The van der Waals surface area contributed by atoms with Gasteiger partial charge < -0.3 is 5.32 Å². The van der Waals surface area contributed by atoms with Gasteiger partial charge in [0, 0.05) is 10.3 Å². The van der Waals surface area contributed by atoms with E-state index < -0.39 is 17.9 Å². The van der Waals surface area contributed by atoms with Crippen molar-refractivity contribution in [2.24, 2.45) is 0 Å². The van der Waals surface area contributed by atoms with E-state index in [9.17, 15) is 17.6 Å². The largest absolute Gasteiger partial charge is 0.428 e. The van der Waals surface area contributed by atoms with Crippen LogP contribution in [0.1, 0.15) is 12.5 Å². The van der Waals surface area contributed by atoms with E-state index in [-0.39, 0.29) is 5.56 Å². The molecule has 1 heterocycles. The van der Waals surface area contributed by atoms with Crippen LogP contribution in [-0.4, -0.2) is 19.3 Å². The molecule has 0 amide bonds. The van der Waals surface area contributed by atoms with Crippen LogP contribution in [0.15, 0.2) is 29.6 Å². The number of rotatable bonds is 3. The van der Waals surface area contributed by atoms with Crippen LogP contribution >= 0.6 is 11.3 Å². The highest BCUT2D eigenvalue weighted by molar-refractivity contribution is 7.17. The number of fused-ring (bicyclic) bond motifs is 1. The summed E-state index contributed by atoms with van der Waals surface area (Å²) in [5.41, 5.74) is -3.77. The molecular formula is C13H13F4NS. The molecule has 2 atom stereocenters. The minimum atomic E-state index is -4.97. The second-order valence-electron chi connectivity index (χ2n) is 4.39. The summed E-state index contributed by atoms with van der Waals surface area (Å²) >= 11 is 1.41. The monoisotopic (exact) mass is 291 g/mol. The third-order valence-electron chi connectivity index (χ3n) is 3.31. The van der Waals surface area contributed by atoms with E-state index in [0.29, 0.717) is 5.39 Å². The Bertz CT molecular complexity index is 577. The number of benzene rings is 1. The van der Waals surface area contributed by atoms with Crippen LogP contribution in [0.4, 0.5) is 17.6 Å². The van der Waals surface area contributed by atoms with E-state index in [1.165, 1.54) is 43.5 Å². The summed E-state index contributed by atoms with van der Waals surface area (Å²) in [6, 6.07) is 4.32. The summed E-state index contributed by atoms with van der Waals surface area (Å²) in [6.07, 6.45) is -4.97. The average Bonchev–Trinajstić information content (AvgIpc) is 2.82. The minimum Gasteiger partial charge on any atom is -0.314 e. The van der Waals surface area contributed by atoms with Gasteiger partial charge >= 0.3 is 6.18 Å². The Hall–Kier alpha value is -1.14. The molecule has 19 heavy (non-hydrogen) atoms. The van der Waals surface area contributed by atoms with Crippen molar-refractivity contribution in [1.82, 2.24) is 5.32 Å². The first kappa shape index (κ1) is 14.3. The van der Waals surface area contributed by atoms with Crippen LogP contribution in [0.2, 0.25) is 0 Å². The normalized spacial score (nSPS) is 17.4. The second kappa shape index (κ2) is 4.76. The molecule has 0 aliphatic heterocycles. The molecule has 0 radical (unpaired) electrons. The zero-order valence-electron chi connectivity index (χ0n) is 10.4. The molecule has 1 aromatic heterocycles. The number of hydrogen-bond acceptors (Lipinski definition) is 2. The lowest BCUT2D eigenvalue weighted by molar-refractivity contribution is -0.244. The van der Waals surface area contributed by atoms with Crippen molar-refractivity contribution in [2.45, 2.75) is 24.8 Å². The predicted octanol–water partition coefficient (Wildman–Crippen LogP) is 4.24. The summed E-state index contributed by atoms with van der Waals surface area (Å²) in [6.45, 7) is 1.19. The maximum absolute atomic E-state index is 14.7. The molecule has 0 aliphatic carbocycles. The summed E-state index contributed by atoms with van der Waals surface area (Å²) in [7, 11) is 1.31. The van der Waals surface area contributed by atoms with E-state index in [1.54, 1.807) is 11.4 Å². The van der Waals surface area contributed by atoms with Crippen molar-refractivity contribution in [2.75, 3.05) is 7.05 Å². The lowest BCUT2D eigenvalue weighted by Gasteiger charge is -2.33. The van der Waals surface area contributed by atoms with Gasteiger partial charge in [0.25, 0.3) is 0 Å². The van der Waals surface area contributed by atoms with Crippen LogP contribution in [0.3, 0.4) is 0 Å². The van der Waals surface area contributed by atoms with E-state index in [2.05, 4.69) is 5.32 Å². The average molecular weight is 291 g/mol. The first-order valence-corrected chi connectivity index (χ1v) is 6.59. The number of alkyl halides is 4. The molecule has 6 heteroatoms. The van der Waals surface area contributed by atoms with Gasteiger partial charge in [-0.05, 0) is 42.9 Å². The predicted molar refractivity (Wildman–Crippen MR) is 69.2 cm³/mol. The summed E-state index contributed by atoms with van der Waals surface area (Å²) < 4.78 is 54.9. The highest BCUT2D eigenvalue weighted by atomic mass is 32.1. The Morgan fingerprint density at radius 1 is 1.16 bits per heavy atom. The Balaban J connectivity index is 2.60. The molecular weight excluding hydrogens is 278 g/mol. The fourth-order valence-electron chi connectivity index (χ4n) is 2.05. The standard InChI is InChI=1S/C13H13F4NS/c1-8(18-2)12(14,13(15,16)17)10-3-4-11-9(7-10)5-6-19-11/h3-8,18H,1-2H3. The number of halogens is 4. The quantitative estimate of drug-likeness (QED) is 0.834. The summed E-state index contributed by atoms with van der Waals surface area (Å²) in [4.78, 5) is 0. The zero-order chi connectivity index (χ0) is 14.3. The molecule has 0 spiro atoms. The molecule has 2 rings (SSSR count). The Labute approximate surface area is 112 Å². The van der Waals surface area contributed by atoms with Gasteiger partial charge in [-0.3, -0.25) is 0 Å². The van der Waals surface area contributed by atoms with Gasteiger partial charge in [-0.1, -0.05) is 6.07 Å². The molecule has 0 saturated carbocycles. The Morgan fingerprint density at radius 2 is 1.84 bits per heavy atom. The van der Waals surface area contributed by atoms with Crippen molar-refractivity contribution < 1.29 is 17.6 Å². The maximum atomic E-state index is 14.7. The molecule has 0 saturated heterocycles. The van der Waals surface area contributed by atoms with E-state index in [1.807, 2.05) is 0 Å². The van der Waals surface area contributed by atoms with Gasteiger partial charge in [0.15, 0.2) is 0 Å². The Morgan fingerprint density at radius 3 is 2.42 bits per heavy atom. The van der Waals surface area contributed by atoms with Gasteiger partial charge in [-0.15, -0.1) is 11.3 Å². The Kier molecular flexibility index (Phi) is 3.57. The first-order chi connectivity index (χ1) is 8.80. The van der Waals surface area contributed by atoms with Gasteiger partial charge in [-0.25, -0.2) is 4.39 Å². The molecule has 2 unspecified atom stereocenters. The number of thiophene rings is 1. The molecule has 2 aromatic rings. The first-order valence-electron chi connectivity index (χ1n) is 5.71. The van der Waals surface area contributed by atoms with Crippen molar-refractivity contribution >= 4 is 21.4 Å². The van der Waals surface area contributed by atoms with Gasteiger partial charge in [0.1, 0.15) is 0 Å². The molecule has 0 fully saturated rings. The van der Waals surface area contributed by atoms with Gasteiger partial charge in [0.05, 0.1) is 6.04 Å². The SMILES string of the molecule is CNC(C)C(F)(c1ccc2sccc2c1)C(F)(F)F. The third-order valence-corrected chi connectivity index (χ3v) is 4.21. The number of likely N-dealkylation sites (N-methyl/N-ethyl adjacent to an activating group) is 1. The van der Waals surface area contributed by atoms with Crippen LogP contribution in [0, 0.1) is 0 Å². The summed E-state index contributed by atoms with van der Waals surface area (Å²) in [5, 5.41) is 4.75. The van der Waals surface area contributed by atoms with Crippen LogP contribution < -0.4 is 5.32 Å². The molecule has 0 aliphatic rings. The van der Waals surface area contributed by atoms with E-state index >= 15 is 0 Å². The minimum absolute atomic E-state index is 0.368. The van der Waals surface area contributed by atoms with Gasteiger partial charge in [-0.2, -0.15) is 13.2 Å². The molecule has 1 aromatic carbocycles. The number of hydrogen-bond donors (Lipinski definition) is 1. The molecule has 1 N–H and O–H groups in total. The third kappa shape index (κ3) is 2.23. The number of nitrogens with one attached hydrogen (secondary N) is 1. The summed E-state index contributed by atoms with van der Waals surface area (Å²) in [5.74, 6) is 0. The van der Waals surface area contributed by atoms with Crippen molar-refractivity contribution in [3.8, 4) is 0 Å². The van der Waals surface area contributed by atoms with E-state index in [0.717, 1.165) is 4.70 Å². The topological polar surface area (TPSA) is 12.0 Å². The lowest BCUT2D eigenvalue weighted by atomic mass is 9.87. The van der Waals surface area contributed by atoms with Crippen LogP contribution in [0.5, 0.6) is 0 Å². The van der Waals surface area contributed by atoms with Crippen molar-refractivity contribution in [3.05, 3.63) is 35.2 Å². The molecule has 1 nitrogen and oxygen atoms in total.